The van der Waals surface area contributed by atoms with Crippen LogP contribution in [0.5, 0.6) is 11.5 Å². The third kappa shape index (κ3) is 7.95. The van der Waals surface area contributed by atoms with Gasteiger partial charge in [-0.1, -0.05) is 32.0 Å². The Bertz CT molecular complexity index is 975. The molecule has 2 aromatic rings. The van der Waals surface area contributed by atoms with Crippen molar-refractivity contribution in [2.75, 3.05) is 20.3 Å². The minimum Gasteiger partial charge on any atom is -0.493 e. The van der Waals surface area contributed by atoms with E-state index in [0.717, 1.165) is 0 Å². The van der Waals surface area contributed by atoms with Gasteiger partial charge in [0.1, 0.15) is 6.04 Å². The highest BCUT2D eigenvalue weighted by molar-refractivity contribution is 5.97. The van der Waals surface area contributed by atoms with Gasteiger partial charge in [0, 0.05) is 5.56 Å². The van der Waals surface area contributed by atoms with Crippen molar-refractivity contribution in [1.82, 2.24) is 10.7 Å². The molecule has 0 heterocycles. The van der Waals surface area contributed by atoms with Crippen LogP contribution in [0.15, 0.2) is 53.6 Å². The molecule has 0 bridgehead atoms. The number of nitrogens with one attached hydrogen (secondary N) is 2. The number of carbonyl (C=O) groups is 3. The van der Waals surface area contributed by atoms with Gasteiger partial charge in [-0.15, -0.1) is 0 Å². The van der Waals surface area contributed by atoms with Crippen LogP contribution < -0.4 is 20.2 Å². The Morgan fingerprint density at radius 2 is 1.79 bits per heavy atom. The minimum absolute atomic E-state index is 0.149. The molecule has 0 aromatic heterocycles. The van der Waals surface area contributed by atoms with Crippen LogP contribution in [-0.2, 0) is 14.3 Å². The zero-order chi connectivity index (χ0) is 24.2. The Morgan fingerprint density at radius 3 is 2.42 bits per heavy atom. The van der Waals surface area contributed by atoms with E-state index in [0.29, 0.717) is 22.6 Å². The molecule has 0 aliphatic heterocycles. The van der Waals surface area contributed by atoms with Crippen molar-refractivity contribution in [1.29, 1.82) is 0 Å². The first-order valence-electron chi connectivity index (χ1n) is 10.5. The normalized spacial score (nSPS) is 11.7. The summed E-state index contributed by atoms with van der Waals surface area (Å²) in [5.41, 5.74) is 3.56. The number of hydrazone groups is 1. The second-order valence-corrected chi connectivity index (χ2v) is 7.30. The number of nitrogens with zero attached hydrogens (tertiary/aromatic N) is 1. The fourth-order valence-electron chi connectivity index (χ4n) is 2.81. The van der Waals surface area contributed by atoms with E-state index in [1.807, 2.05) is 19.9 Å². The van der Waals surface area contributed by atoms with Crippen LogP contribution >= 0.6 is 0 Å². The second kappa shape index (κ2) is 12.8. The number of rotatable bonds is 11. The highest BCUT2D eigenvalue weighted by atomic mass is 16.6. The maximum absolute atomic E-state index is 12.6. The summed E-state index contributed by atoms with van der Waals surface area (Å²) in [6, 6.07) is 12.9. The molecule has 9 nitrogen and oxygen atoms in total. The zero-order valence-electron chi connectivity index (χ0n) is 19.2. The van der Waals surface area contributed by atoms with E-state index in [1.54, 1.807) is 49.4 Å². The second-order valence-electron chi connectivity index (χ2n) is 7.30. The average Bonchev–Trinajstić information content (AvgIpc) is 2.81. The number of hydrogen-bond donors (Lipinski definition) is 2. The Labute approximate surface area is 193 Å². The van der Waals surface area contributed by atoms with Crippen LogP contribution in [0.25, 0.3) is 0 Å². The van der Waals surface area contributed by atoms with E-state index in [2.05, 4.69) is 15.8 Å². The Morgan fingerprint density at radius 1 is 1.06 bits per heavy atom. The van der Waals surface area contributed by atoms with Crippen molar-refractivity contribution in [3.05, 3.63) is 59.7 Å². The van der Waals surface area contributed by atoms with Crippen molar-refractivity contribution in [2.45, 2.75) is 26.8 Å². The molecule has 33 heavy (non-hydrogen) atoms. The van der Waals surface area contributed by atoms with Crippen molar-refractivity contribution >= 4 is 24.0 Å². The highest BCUT2D eigenvalue weighted by Crippen LogP contribution is 2.27. The fraction of sp³-hybridized carbons (Fsp3) is 0.333. The number of ether oxygens (including phenoxy) is 3. The molecule has 0 saturated heterocycles. The lowest BCUT2D eigenvalue weighted by molar-refractivity contribution is -0.145. The zero-order valence-corrected chi connectivity index (χ0v) is 19.2. The number of hydrogen-bond acceptors (Lipinski definition) is 7. The summed E-state index contributed by atoms with van der Waals surface area (Å²) in [5, 5.41) is 6.72. The summed E-state index contributed by atoms with van der Waals surface area (Å²) in [6.45, 7) is 5.41. The minimum atomic E-state index is -0.761. The largest absolute Gasteiger partial charge is 0.493 e. The van der Waals surface area contributed by atoms with Gasteiger partial charge in [-0.3, -0.25) is 9.59 Å². The SMILES string of the molecule is CCOC(=O)COc1ccc(/C=N/NC(=O)C(NC(=O)c2ccccc2)C(C)C)cc1OC. The van der Waals surface area contributed by atoms with Gasteiger partial charge in [0.15, 0.2) is 18.1 Å². The summed E-state index contributed by atoms with van der Waals surface area (Å²) >= 11 is 0. The molecule has 0 saturated carbocycles. The predicted octanol–water partition coefficient (Wildman–Crippen LogP) is 2.54. The molecule has 2 rings (SSSR count). The van der Waals surface area contributed by atoms with Gasteiger partial charge < -0.3 is 19.5 Å². The first-order chi connectivity index (χ1) is 15.8. The molecule has 1 atom stereocenters. The van der Waals surface area contributed by atoms with Crippen LogP contribution in [0, 0.1) is 5.92 Å². The molecule has 0 radical (unpaired) electrons. The van der Waals surface area contributed by atoms with E-state index in [-0.39, 0.29) is 25.0 Å². The monoisotopic (exact) mass is 455 g/mol. The van der Waals surface area contributed by atoms with E-state index in [9.17, 15) is 14.4 Å². The maximum atomic E-state index is 12.6. The maximum Gasteiger partial charge on any atom is 0.344 e. The molecular weight excluding hydrogens is 426 g/mol. The van der Waals surface area contributed by atoms with Gasteiger partial charge in [0.2, 0.25) is 0 Å². The van der Waals surface area contributed by atoms with Crippen LogP contribution in [0.4, 0.5) is 0 Å². The third-order valence-electron chi connectivity index (χ3n) is 4.50. The van der Waals surface area contributed by atoms with Gasteiger partial charge in [0.05, 0.1) is 19.9 Å². The van der Waals surface area contributed by atoms with Crippen molar-refractivity contribution < 1.29 is 28.6 Å². The lowest BCUT2D eigenvalue weighted by Gasteiger charge is -2.20. The smallest absolute Gasteiger partial charge is 0.344 e. The molecule has 1 unspecified atom stereocenters. The molecule has 0 fully saturated rings. The van der Waals surface area contributed by atoms with Crippen molar-refractivity contribution in [2.24, 2.45) is 11.0 Å². The Balaban J connectivity index is 1.99. The molecule has 2 amide bonds. The van der Waals surface area contributed by atoms with Crippen molar-refractivity contribution in [3.63, 3.8) is 0 Å². The van der Waals surface area contributed by atoms with Gasteiger partial charge in [-0.2, -0.15) is 5.10 Å². The highest BCUT2D eigenvalue weighted by Gasteiger charge is 2.24. The average molecular weight is 456 g/mol. The molecule has 2 N–H and O–H groups in total. The van der Waals surface area contributed by atoms with E-state index in [4.69, 9.17) is 14.2 Å². The van der Waals surface area contributed by atoms with Crippen LogP contribution in [-0.4, -0.2) is 50.4 Å². The van der Waals surface area contributed by atoms with Crippen LogP contribution in [0.3, 0.4) is 0 Å². The summed E-state index contributed by atoms with van der Waals surface area (Å²) < 4.78 is 15.5. The molecule has 0 spiro atoms. The van der Waals surface area contributed by atoms with Gasteiger partial charge in [-0.25, -0.2) is 10.2 Å². The lowest BCUT2D eigenvalue weighted by Crippen LogP contribution is -2.48. The third-order valence-corrected chi connectivity index (χ3v) is 4.50. The summed E-state index contributed by atoms with van der Waals surface area (Å²) in [6.07, 6.45) is 1.44. The van der Waals surface area contributed by atoms with E-state index < -0.39 is 17.9 Å². The van der Waals surface area contributed by atoms with Crippen LogP contribution in [0.2, 0.25) is 0 Å². The van der Waals surface area contributed by atoms with Gasteiger partial charge >= 0.3 is 5.97 Å². The predicted molar refractivity (Wildman–Crippen MR) is 123 cm³/mol. The fourth-order valence-corrected chi connectivity index (χ4v) is 2.81. The Hall–Kier alpha value is -3.88. The standard InChI is InChI=1S/C24H29N3O6/c1-5-32-21(28)15-33-19-12-11-17(13-20(19)31-4)14-25-27-24(30)22(16(2)3)26-23(29)18-9-7-6-8-10-18/h6-14,16,22H,5,15H2,1-4H3,(H,26,29)(H,27,30)/b25-14+. The van der Waals surface area contributed by atoms with E-state index in [1.165, 1.54) is 13.3 Å². The first-order valence-corrected chi connectivity index (χ1v) is 10.5. The number of esters is 1. The number of carbonyl (C=O) groups excluding carboxylic acids is 3. The number of methoxy groups -OCH3 is 1. The number of benzene rings is 2. The summed E-state index contributed by atoms with van der Waals surface area (Å²) in [5.74, 6) is -0.640. The molecule has 2 aromatic carbocycles. The quantitative estimate of drug-likeness (QED) is 0.306. The van der Waals surface area contributed by atoms with Crippen molar-refractivity contribution in [3.8, 4) is 11.5 Å². The molecule has 0 aliphatic carbocycles. The molecule has 176 valence electrons. The van der Waals surface area contributed by atoms with E-state index >= 15 is 0 Å². The molecular formula is C24H29N3O6. The topological polar surface area (TPSA) is 115 Å². The van der Waals surface area contributed by atoms with Gasteiger partial charge in [0.25, 0.3) is 11.8 Å². The van der Waals surface area contributed by atoms with Gasteiger partial charge in [-0.05, 0) is 48.7 Å². The van der Waals surface area contributed by atoms with Crippen LogP contribution in [0.1, 0.15) is 36.7 Å². The first kappa shape index (κ1) is 25.4. The Kier molecular flexibility index (Phi) is 9.88. The summed E-state index contributed by atoms with van der Waals surface area (Å²) in [4.78, 5) is 36.5. The lowest BCUT2D eigenvalue weighted by atomic mass is 10.0. The number of amides is 2. The summed E-state index contributed by atoms with van der Waals surface area (Å²) in [7, 11) is 1.47. The molecule has 9 heteroatoms. The molecule has 0 aliphatic rings.